The Morgan fingerprint density at radius 3 is 2.77 bits per heavy atom. The molecule has 1 aromatic rings. The molecule has 1 amide bonds. The fourth-order valence-electron chi connectivity index (χ4n) is 1.06. The number of nitrogens with two attached hydrogens (primary N) is 1. The van der Waals surface area contributed by atoms with Gasteiger partial charge in [-0.2, -0.15) is 11.3 Å². The van der Waals surface area contributed by atoms with E-state index in [-0.39, 0.29) is 18.3 Å². The first-order chi connectivity index (χ1) is 5.79. The predicted octanol–water partition coefficient (Wildman–Crippen LogP) is 2.37. The van der Waals surface area contributed by atoms with E-state index in [0.29, 0.717) is 6.42 Å². The van der Waals surface area contributed by atoms with Crippen LogP contribution in [0.5, 0.6) is 0 Å². The molecule has 0 saturated heterocycles. The number of hydrogen-bond donors (Lipinski definition) is 1. The normalized spacial score (nSPS) is 9.23. The van der Waals surface area contributed by atoms with Crippen molar-refractivity contribution in [2.45, 2.75) is 25.7 Å². The highest BCUT2D eigenvalue weighted by Crippen LogP contribution is 2.10. The summed E-state index contributed by atoms with van der Waals surface area (Å²) < 4.78 is 0. The van der Waals surface area contributed by atoms with Gasteiger partial charge in [0.2, 0.25) is 5.91 Å². The summed E-state index contributed by atoms with van der Waals surface area (Å²) in [5.41, 5.74) is 6.38. The summed E-state index contributed by atoms with van der Waals surface area (Å²) in [7, 11) is 0. The van der Waals surface area contributed by atoms with E-state index >= 15 is 0 Å². The van der Waals surface area contributed by atoms with Crippen LogP contribution in [0.2, 0.25) is 0 Å². The Kier molecular flexibility index (Phi) is 6.63. The van der Waals surface area contributed by atoms with E-state index in [1.807, 2.05) is 0 Å². The van der Waals surface area contributed by atoms with E-state index in [1.165, 1.54) is 5.56 Å². The van der Waals surface area contributed by atoms with Crippen LogP contribution in [0.3, 0.4) is 0 Å². The molecule has 0 saturated carbocycles. The molecule has 2 nitrogen and oxygen atoms in total. The van der Waals surface area contributed by atoms with Gasteiger partial charge in [0.25, 0.3) is 0 Å². The summed E-state index contributed by atoms with van der Waals surface area (Å²) in [5.74, 6) is -0.194. The molecular weight excluding hydrogens is 206 g/mol. The predicted molar refractivity (Wildman–Crippen MR) is 58.3 cm³/mol. The number of carbonyl (C=O) groups is 1. The van der Waals surface area contributed by atoms with Crippen molar-refractivity contribution in [3.8, 4) is 0 Å². The molecule has 2 N–H and O–H groups in total. The highest BCUT2D eigenvalue weighted by Gasteiger charge is 1.96. The van der Waals surface area contributed by atoms with E-state index in [9.17, 15) is 4.79 Å². The molecule has 0 aromatic carbocycles. The van der Waals surface area contributed by atoms with E-state index in [4.69, 9.17) is 5.73 Å². The lowest BCUT2D eigenvalue weighted by molar-refractivity contribution is -0.118. The average molecular weight is 220 g/mol. The molecule has 0 aliphatic carbocycles. The molecule has 0 spiro atoms. The smallest absolute Gasteiger partial charge is 0.217 e. The molecule has 74 valence electrons. The SMILES string of the molecule is Cl.NC(=O)CCCCc1ccsc1. The van der Waals surface area contributed by atoms with Crippen molar-refractivity contribution >= 4 is 29.7 Å². The van der Waals surface area contributed by atoms with Gasteiger partial charge in [0, 0.05) is 6.42 Å². The number of hydrogen-bond acceptors (Lipinski definition) is 2. The molecule has 1 rings (SSSR count). The second kappa shape index (κ2) is 6.92. The van der Waals surface area contributed by atoms with Crippen LogP contribution in [0, 0.1) is 0 Å². The van der Waals surface area contributed by atoms with Gasteiger partial charge >= 0.3 is 0 Å². The number of halogens is 1. The van der Waals surface area contributed by atoms with Crippen LogP contribution in [0.25, 0.3) is 0 Å². The minimum Gasteiger partial charge on any atom is -0.370 e. The van der Waals surface area contributed by atoms with Gasteiger partial charge in [-0.25, -0.2) is 0 Å². The number of carbonyl (C=O) groups excluding carboxylic acids is 1. The van der Waals surface area contributed by atoms with E-state index in [1.54, 1.807) is 11.3 Å². The lowest BCUT2D eigenvalue weighted by Crippen LogP contribution is -2.09. The van der Waals surface area contributed by atoms with Crippen LogP contribution < -0.4 is 5.73 Å². The largest absolute Gasteiger partial charge is 0.370 e. The van der Waals surface area contributed by atoms with Crippen molar-refractivity contribution < 1.29 is 4.79 Å². The minimum absolute atomic E-state index is 0. The van der Waals surface area contributed by atoms with E-state index < -0.39 is 0 Å². The van der Waals surface area contributed by atoms with Crippen LogP contribution in [0.1, 0.15) is 24.8 Å². The van der Waals surface area contributed by atoms with Crippen LogP contribution in [0.15, 0.2) is 16.8 Å². The second-order valence-corrected chi connectivity index (χ2v) is 3.59. The molecule has 1 heterocycles. The monoisotopic (exact) mass is 219 g/mol. The third kappa shape index (κ3) is 5.66. The average Bonchev–Trinajstić information content (AvgIpc) is 2.49. The van der Waals surface area contributed by atoms with E-state index in [0.717, 1.165) is 19.3 Å². The molecule has 0 fully saturated rings. The minimum atomic E-state index is -0.194. The maximum Gasteiger partial charge on any atom is 0.217 e. The molecule has 4 heteroatoms. The van der Waals surface area contributed by atoms with Gasteiger partial charge in [0.15, 0.2) is 0 Å². The lowest BCUT2D eigenvalue weighted by Gasteiger charge is -1.95. The Morgan fingerprint density at radius 1 is 1.46 bits per heavy atom. The summed E-state index contributed by atoms with van der Waals surface area (Å²) in [6.45, 7) is 0. The summed E-state index contributed by atoms with van der Waals surface area (Å²) in [5, 5.41) is 4.22. The second-order valence-electron chi connectivity index (χ2n) is 2.81. The molecule has 0 aliphatic heterocycles. The summed E-state index contributed by atoms with van der Waals surface area (Å²) in [6.07, 6.45) is 3.55. The highest BCUT2D eigenvalue weighted by atomic mass is 35.5. The first kappa shape index (κ1) is 12.5. The number of amides is 1. The van der Waals surface area contributed by atoms with Crippen molar-refractivity contribution in [3.05, 3.63) is 22.4 Å². The zero-order valence-electron chi connectivity index (χ0n) is 7.36. The summed E-state index contributed by atoms with van der Waals surface area (Å²) in [4.78, 5) is 10.4. The molecule has 0 bridgehead atoms. The lowest BCUT2D eigenvalue weighted by atomic mass is 10.1. The fraction of sp³-hybridized carbons (Fsp3) is 0.444. The Labute approximate surface area is 88.6 Å². The van der Waals surface area contributed by atoms with Crippen molar-refractivity contribution in [1.82, 2.24) is 0 Å². The Balaban J connectivity index is 0.00000144. The highest BCUT2D eigenvalue weighted by molar-refractivity contribution is 7.07. The Hall–Kier alpha value is -0.540. The van der Waals surface area contributed by atoms with Gasteiger partial charge in [-0.1, -0.05) is 0 Å². The molecule has 0 radical (unpaired) electrons. The topological polar surface area (TPSA) is 43.1 Å². The van der Waals surface area contributed by atoms with Crippen LogP contribution in [-0.2, 0) is 11.2 Å². The molecule has 0 unspecified atom stereocenters. The zero-order valence-corrected chi connectivity index (χ0v) is 9.00. The van der Waals surface area contributed by atoms with Gasteiger partial charge in [-0.3, -0.25) is 4.79 Å². The molecule has 13 heavy (non-hydrogen) atoms. The summed E-state index contributed by atoms with van der Waals surface area (Å²) >= 11 is 1.71. The standard InChI is InChI=1S/C9H13NOS.ClH/c10-9(11)4-2-1-3-8-5-6-12-7-8;/h5-7H,1-4H2,(H2,10,11);1H. The Bertz CT molecular complexity index is 236. The van der Waals surface area contributed by atoms with Crippen molar-refractivity contribution in [2.24, 2.45) is 5.73 Å². The fourth-order valence-corrected chi connectivity index (χ4v) is 1.77. The van der Waals surface area contributed by atoms with Crippen LogP contribution in [-0.4, -0.2) is 5.91 Å². The number of aryl methyl sites for hydroxylation is 1. The molecule has 0 aliphatic rings. The first-order valence-electron chi connectivity index (χ1n) is 4.08. The van der Waals surface area contributed by atoms with Gasteiger partial charge in [0.05, 0.1) is 0 Å². The first-order valence-corrected chi connectivity index (χ1v) is 5.02. The third-order valence-corrected chi connectivity index (χ3v) is 2.45. The number of thiophene rings is 1. The van der Waals surface area contributed by atoms with Crippen molar-refractivity contribution in [1.29, 1.82) is 0 Å². The molecule has 0 atom stereocenters. The third-order valence-electron chi connectivity index (χ3n) is 1.72. The molecule has 1 aromatic heterocycles. The number of rotatable bonds is 5. The van der Waals surface area contributed by atoms with Crippen LogP contribution in [0.4, 0.5) is 0 Å². The quantitative estimate of drug-likeness (QED) is 0.760. The number of unbranched alkanes of at least 4 members (excludes halogenated alkanes) is 1. The van der Waals surface area contributed by atoms with Gasteiger partial charge in [0.1, 0.15) is 0 Å². The Morgan fingerprint density at radius 2 is 2.23 bits per heavy atom. The van der Waals surface area contributed by atoms with Gasteiger partial charge in [-0.05, 0) is 41.7 Å². The van der Waals surface area contributed by atoms with Gasteiger partial charge < -0.3 is 5.73 Å². The molecular formula is C9H14ClNOS. The van der Waals surface area contributed by atoms with Crippen LogP contribution >= 0.6 is 23.7 Å². The van der Waals surface area contributed by atoms with E-state index in [2.05, 4.69) is 16.8 Å². The maximum absolute atomic E-state index is 10.4. The van der Waals surface area contributed by atoms with Crippen molar-refractivity contribution in [2.75, 3.05) is 0 Å². The van der Waals surface area contributed by atoms with Crippen molar-refractivity contribution in [3.63, 3.8) is 0 Å². The maximum atomic E-state index is 10.4. The summed E-state index contributed by atoms with van der Waals surface area (Å²) in [6, 6.07) is 2.12. The zero-order chi connectivity index (χ0) is 8.81. The number of primary amides is 1. The van der Waals surface area contributed by atoms with Gasteiger partial charge in [-0.15, -0.1) is 12.4 Å².